The lowest BCUT2D eigenvalue weighted by Crippen LogP contribution is -2.18. The summed E-state index contributed by atoms with van der Waals surface area (Å²) in [5.74, 6) is 0.145. The van der Waals surface area contributed by atoms with Gasteiger partial charge in [-0.3, -0.25) is 4.79 Å². The number of hydrogen-bond donors (Lipinski definition) is 1. The summed E-state index contributed by atoms with van der Waals surface area (Å²) in [5.41, 5.74) is 3.72. The van der Waals surface area contributed by atoms with Crippen LogP contribution in [0.15, 0.2) is 66.3 Å². The Labute approximate surface area is 134 Å². The Morgan fingerprint density at radius 2 is 1.95 bits per heavy atom. The predicted molar refractivity (Wildman–Crippen MR) is 88.6 cm³/mol. The molecule has 0 fully saturated rings. The van der Waals surface area contributed by atoms with Crippen LogP contribution in [0.3, 0.4) is 0 Å². The summed E-state index contributed by atoms with van der Waals surface area (Å²) in [6, 6.07) is 14.1. The molecule has 0 spiro atoms. The van der Waals surface area contributed by atoms with Crippen molar-refractivity contribution in [3.8, 4) is 5.75 Å². The minimum atomic E-state index is -0.343. The summed E-state index contributed by atoms with van der Waals surface area (Å²) in [6.07, 6.45) is 3.16. The van der Waals surface area contributed by atoms with Crippen molar-refractivity contribution < 1.29 is 9.53 Å². The molecule has 0 atom stereocenters. The van der Waals surface area contributed by atoms with E-state index in [0.29, 0.717) is 22.9 Å². The SMILES string of the molecule is C=CCOc1ccccc1C(=O)NN=Cc1ccc(Cl)cc1. The molecule has 1 amide bonds. The van der Waals surface area contributed by atoms with Crippen LogP contribution in [0.1, 0.15) is 15.9 Å². The third kappa shape index (κ3) is 4.46. The Bertz CT molecular complexity index is 681. The van der Waals surface area contributed by atoms with Crippen molar-refractivity contribution >= 4 is 23.7 Å². The first-order valence-electron chi connectivity index (χ1n) is 6.62. The molecular formula is C17H15ClN2O2. The van der Waals surface area contributed by atoms with E-state index in [0.717, 1.165) is 5.56 Å². The lowest BCUT2D eigenvalue weighted by Gasteiger charge is -2.08. The molecule has 0 saturated carbocycles. The van der Waals surface area contributed by atoms with Crippen LogP contribution >= 0.6 is 11.6 Å². The molecule has 0 aromatic heterocycles. The van der Waals surface area contributed by atoms with E-state index < -0.39 is 0 Å². The minimum absolute atomic E-state index is 0.332. The zero-order valence-electron chi connectivity index (χ0n) is 11.8. The van der Waals surface area contributed by atoms with E-state index in [4.69, 9.17) is 16.3 Å². The van der Waals surface area contributed by atoms with Gasteiger partial charge in [-0.25, -0.2) is 5.43 Å². The van der Waals surface area contributed by atoms with Gasteiger partial charge in [0.1, 0.15) is 12.4 Å². The van der Waals surface area contributed by atoms with E-state index in [9.17, 15) is 4.79 Å². The van der Waals surface area contributed by atoms with Gasteiger partial charge in [-0.05, 0) is 29.8 Å². The van der Waals surface area contributed by atoms with Crippen molar-refractivity contribution in [2.45, 2.75) is 0 Å². The Kier molecular flexibility index (Phi) is 5.74. The van der Waals surface area contributed by atoms with E-state index in [1.807, 2.05) is 0 Å². The molecule has 0 aliphatic carbocycles. The Hall–Kier alpha value is -2.59. The van der Waals surface area contributed by atoms with Crippen molar-refractivity contribution in [1.29, 1.82) is 0 Å². The maximum Gasteiger partial charge on any atom is 0.275 e. The van der Waals surface area contributed by atoms with Gasteiger partial charge in [0.15, 0.2) is 0 Å². The van der Waals surface area contributed by atoms with Gasteiger partial charge in [0, 0.05) is 5.02 Å². The van der Waals surface area contributed by atoms with Crippen LogP contribution in [0.2, 0.25) is 5.02 Å². The summed E-state index contributed by atoms with van der Waals surface area (Å²) in [5, 5.41) is 4.57. The molecule has 0 saturated heterocycles. The second kappa shape index (κ2) is 8.00. The van der Waals surface area contributed by atoms with Crippen molar-refractivity contribution in [2.75, 3.05) is 6.61 Å². The van der Waals surface area contributed by atoms with Gasteiger partial charge in [-0.2, -0.15) is 5.10 Å². The lowest BCUT2D eigenvalue weighted by molar-refractivity contribution is 0.0951. The Morgan fingerprint density at radius 3 is 2.68 bits per heavy atom. The zero-order valence-corrected chi connectivity index (χ0v) is 12.6. The van der Waals surface area contributed by atoms with Gasteiger partial charge in [-0.15, -0.1) is 0 Å². The van der Waals surface area contributed by atoms with E-state index in [1.165, 1.54) is 0 Å². The lowest BCUT2D eigenvalue weighted by atomic mass is 10.2. The van der Waals surface area contributed by atoms with Crippen LogP contribution < -0.4 is 10.2 Å². The van der Waals surface area contributed by atoms with E-state index >= 15 is 0 Å². The number of hydrazone groups is 1. The van der Waals surface area contributed by atoms with Gasteiger partial charge in [0.05, 0.1) is 11.8 Å². The molecule has 0 radical (unpaired) electrons. The van der Waals surface area contributed by atoms with E-state index in [-0.39, 0.29) is 5.91 Å². The monoisotopic (exact) mass is 314 g/mol. The number of nitrogens with one attached hydrogen (secondary N) is 1. The summed E-state index contributed by atoms with van der Waals surface area (Å²) in [6.45, 7) is 3.91. The first-order chi connectivity index (χ1) is 10.7. The fourth-order valence-electron chi connectivity index (χ4n) is 1.70. The fourth-order valence-corrected chi connectivity index (χ4v) is 1.83. The molecular weight excluding hydrogens is 300 g/mol. The topological polar surface area (TPSA) is 50.7 Å². The van der Waals surface area contributed by atoms with Crippen LogP contribution in [0.25, 0.3) is 0 Å². The smallest absolute Gasteiger partial charge is 0.275 e. The second-order valence-electron chi connectivity index (χ2n) is 4.35. The molecule has 5 heteroatoms. The Morgan fingerprint density at radius 1 is 1.23 bits per heavy atom. The number of carbonyl (C=O) groups is 1. The Balaban J connectivity index is 2.03. The van der Waals surface area contributed by atoms with Crippen molar-refractivity contribution in [3.63, 3.8) is 0 Å². The van der Waals surface area contributed by atoms with Crippen molar-refractivity contribution in [3.05, 3.63) is 77.3 Å². The maximum atomic E-state index is 12.1. The number of benzene rings is 2. The molecule has 22 heavy (non-hydrogen) atoms. The van der Waals surface area contributed by atoms with Crippen LogP contribution in [0, 0.1) is 0 Å². The number of amides is 1. The molecule has 2 rings (SSSR count). The van der Waals surface area contributed by atoms with Crippen LogP contribution in [-0.2, 0) is 0 Å². The number of ether oxygens (including phenoxy) is 1. The highest BCUT2D eigenvalue weighted by Gasteiger charge is 2.10. The average molecular weight is 315 g/mol. The normalized spacial score (nSPS) is 10.4. The number of rotatable bonds is 6. The summed E-state index contributed by atoms with van der Waals surface area (Å²) in [7, 11) is 0. The highest BCUT2D eigenvalue weighted by molar-refractivity contribution is 6.30. The van der Waals surface area contributed by atoms with Gasteiger partial charge < -0.3 is 4.74 Å². The quantitative estimate of drug-likeness (QED) is 0.502. The third-order valence-corrected chi connectivity index (χ3v) is 2.99. The van der Waals surface area contributed by atoms with Crippen LogP contribution in [0.5, 0.6) is 5.75 Å². The molecule has 4 nitrogen and oxygen atoms in total. The minimum Gasteiger partial charge on any atom is -0.489 e. The summed E-state index contributed by atoms with van der Waals surface area (Å²) in [4.78, 5) is 12.1. The highest BCUT2D eigenvalue weighted by Crippen LogP contribution is 2.17. The van der Waals surface area contributed by atoms with Crippen molar-refractivity contribution in [1.82, 2.24) is 5.43 Å². The standard InChI is InChI=1S/C17H15ClN2O2/c1-2-11-22-16-6-4-3-5-15(16)17(21)20-19-12-13-7-9-14(18)10-8-13/h2-10,12H,1,11H2,(H,20,21). The zero-order chi connectivity index (χ0) is 15.8. The second-order valence-corrected chi connectivity index (χ2v) is 4.78. The van der Waals surface area contributed by atoms with Gasteiger partial charge in [0.2, 0.25) is 0 Å². The van der Waals surface area contributed by atoms with Gasteiger partial charge in [0.25, 0.3) is 5.91 Å². The molecule has 0 bridgehead atoms. The molecule has 0 aliphatic heterocycles. The number of nitrogens with zero attached hydrogens (tertiary/aromatic N) is 1. The number of hydrogen-bond acceptors (Lipinski definition) is 3. The van der Waals surface area contributed by atoms with E-state index in [2.05, 4.69) is 17.1 Å². The largest absolute Gasteiger partial charge is 0.489 e. The number of halogens is 1. The summed E-state index contributed by atoms with van der Waals surface area (Å²) < 4.78 is 5.44. The molecule has 0 unspecified atom stereocenters. The first-order valence-corrected chi connectivity index (χ1v) is 7.00. The highest BCUT2D eigenvalue weighted by atomic mass is 35.5. The number of carbonyl (C=O) groups excluding carboxylic acids is 1. The average Bonchev–Trinajstić information content (AvgIpc) is 2.55. The molecule has 0 heterocycles. The van der Waals surface area contributed by atoms with Gasteiger partial charge >= 0.3 is 0 Å². The molecule has 2 aromatic rings. The predicted octanol–water partition coefficient (Wildman–Crippen LogP) is 3.67. The van der Waals surface area contributed by atoms with Crippen molar-refractivity contribution in [2.24, 2.45) is 5.10 Å². The molecule has 0 aliphatic rings. The maximum absolute atomic E-state index is 12.1. The number of para-hydroxylation sites is 1. The fraction of sp³-hybridized carbons (Fsp3) is 0.0588. The molecule has 1 N–H and O–H groups in total. The summed E-state index contributed by atoms with van der Waals surface area (Å²) >= 11 is 5.80. The van der Waals surface area contributed by atoms with Gasteiger partial charge in [-0.1, -0.05) is 48.5 Å². The first kappa shape index (κ1) is 15.8. The van der Waals surface area contributed by atoms with Crippen LogP contribution in [-0.4, -0.2) is 18.7 Å². The van der Waals surface area contributed by atoms with E-state index in [1.54, 1.807) is 60.8 Å². The van der Waals surface area contributed by atoms with Crippen LogP contribution in [0.4, 0.5) is 0 Å². The molecule has 2 aromatic carbocycles. The molecule has 112 valence electrons. The third-order valence-electron chi connectivity index (χ3n) is 2.74.